The predicted molar refractivity (Wildman–Crippen MR) is 87.9 cm³/mol. The summed E-state index contributed by atoms with van der Waals surface area (Å²) in [5.74, 6) is 0.502. The van der Waals surface area contributed by atoms with Gasteiger partial charge in [0.1, 0.15) is 5.60 Å². The maximum atomic E-state index is 12.2. The van der Waals surface area contributed by atoms with Crippen molar-refractivity contribution in [2.75, 3.05) is 13.1 Å². The predicted octanol–water partition coefficient (Wildman–Crippen LogP) is 3.89. The molecule has 0 N–H and O–H groups in total. The molecular weight excluding hydrogens is 276 g/mol. The fourth-order valence-corrected chi connectivity index (χ4v) is 3.10. The van der Waals surface area contributed by atoms with E-state index in [0.717, 1.165) is 37.3 Å². The van der Waals surface area contributed by atoms with E-state index in [0.29, 0.717) is 5.92 Å². The van der Waals surface area contributed by atoms with Crippen LogP contribution in [0, 0.1) is 19.8 Å². The molecule has 0 radical (unpaired) electrons. The van der Waals surface area contributed by atoms with Gasteiger partial charge in [0.25, 0.3) is 0 Å². The van der Waals surface area contributed by atoms with E-state index in [2.05, 4.69) is 17.1 Å². The quantitative estimate of drug-likeness (QED) is 0.832. The largest absolute Gasteiger partial charge is 0.444 e. The van der Waals surface area contributed by atoms with E-state index in [1.165, 1.54) is 12.0 Å². The molecule has 1 saturated heterocycles. The number of pyridine rings is 1. The average molecular weight is 304 g/mol. The Morgan fingerprint density at radius 2 is 1.95 bits per heavy atom. The summed E-state index contributed by atoms with van der Waals surface area (Å²) in [7, 11) is 0. The lowest BCUT2D eigenvalue weighted by molar-refractivity contribution is 0.0166. The smallest absolute Gasteiger partial charge is 0.410 e. The third-order valence-electron chi connectivity index (χ3n) is 3.84. The molecule has 1 aliphatic heterocycles. The lowest BCUT2D eigenvalue weighted by Gasteiger charge is -2.34. The molecule has 2 heterocycles. The molecule has 1 unspecified atom stereocenters. The zero-order valence-corrected chi connectivity index (χ0v) is 14.5. The summed E-state index contributed by atoms with van der Waals surface area (Å²) in [5, 5.41) is 0. The molecule has 0 aliphatic carbocycles. The van der Waals surface area contributed by atoms with Crippen LogP contribution < -0.4 is 0 Å². The van der Waals surface area contributed by atoms with Crippen molar-refractivity contribution in [3.05, 3.63) is 29.1 Å². The average Bonchev–Trinajstić information content (AvgIpc) is 2.35. The van der Waals surface area contributed by atoms with E-state index < -0.39 is 5.60 Å². The van der Waals surface area contributed by atoms with Crippen molar-refractivity contribution in [1.82, 2.24) is 9.88 Å². The van der Waals surface area contributed by atoms with Crippen molar-refractivity contribution in [1.29, 1.82) is 0 Å². The Kier molecular flexibility index (Phi) is 5.09. The van der Waals surface area contributed by atoms with Crippen LogP contribution in [0.1, 0.15) is 50.6 Å². The van der Waals surface area contributed by atoms with Crippen LogP contribution in [0.2, 0.25) is 0 Å². The highest BCUT2D eigenvalue weighted by Crippen LogP contribution is 2.23. The number of ether oxygens (including phenoxy) is 1. The maximum Gasteiger partial charge on any atom is 0.410 e. The molecule has 0 spiro atoms. The van der Waals surface area contributed by atoms with Crippen LogP contribution in [-0.2, 0) is 11.2 Å². The van der Waals surface area contributed by atoms with Gasteiger partial charge in [-0.15, -0.1) is 0 Å². The van der Waals surface area contributed by atoms with E-state index in [1.807, 2.05) is 39.5 Å². The number of hydrogen-bond acceptors (Lipinski definition) is 3. The molecule has 0 saturated carbocycles. The number of amides is 1. The van der Waals surface area contributed by atoms with Gasteiger partial charge in [-0.2, -0.15) is 0 Å². The fourth-order valence-electron chi connectivity index (χ4n) is 3.10. The van der Waals surface area contributed by atoms with Crippen LogP contribution in [0.4, 0.5) is 4.79 Å². The minimum Gasteiger partial charge on any atom is -0.444 e. The molecule has 0 bridgehead atoms. The van der Waals surface area contributed by atoms with E-state index >= 15 is 0 Å². The molecule has 1 aromatic heterocycles. The lowest BCUT2D eigenvalue weighted by atomic mass is 9.91. The first-order valence-corrected chi connectivity index (χ1v) is 8.15. The molecule has 2 rings (SSSR count). The van der Waals surface area contributed by atoms with E-state index in [1.54, 1.807) is 0 Å². The van der Waals surface area contributed by atoms with Crippen molar-refractivity contribution < 1.29 is 9.53 Å². The molecule has 1 aromatic rings. The molecule has 1 amide bonds. The molecule has 22 heavy (non-hydrogen) atoms. The molecule has 122 valence electrons. The van der Waals surface area contributed by atoms with Gasteiger partial charge in [0.2, 0.25) is 0 Å². The number of aryl methyl sites for hydroxylation is 2. The third kappa shape index (κ3) is 5.00. The van der Waals surface area contributed by atoms with Crippen molar-refractivity contribution in [2.45, 2.75) is 59.5 Å². The second-order valence-electron chi connectivity index (χ2n) is 7.40. The van der Waals surface area contributed by atoms with Gasteiger partial charge in [-0.25, -0.2) is 4.79 Å². The Morgan fingerprint density at radius 1 is 1.32 bits per heavy atom. The fraction of sp³-hybridized carbons (Fsp3) is 0.667. The minimum absolute atomic E-state index is 0.181. The zero-order valence-electron chi connectivity index (χ0n) is 14.5. The first-order chi connectivity index (χ1) is 10.2. The van der Waals surface area contributed by atoms with Crippen molar-refractivity contribution in [3.8, 4) is 0 Å². The minimum atomic E-state index is -0.427. The van der Waals surface area contributed by atoms with Crippen molar-refractivity contribution in [2.24, 2.45) is 5.92 Å². The molecule has 1 aliphatic rings. The second kappa shape index (κ2) is 6.67. The maximum absolute atomic E-state index is 12.2. The van der Waals surface area contributed by atoms with Crippen LogP contribution in [0.3, 0.4) is 0 Å². The summed E-state index contributed by atoms with van der Waals surface area (Å²) in [6.45, 7) is 11.4. The number of rotatable bonds is 2. The molecule has 4 nitrogen and oxygen atoms in total. The molecule has 1 atom stereocenters. The van der Waals surface area contributed by atoms with Crippen LogP contribution in [0.15, 0.2) is 12.1 Å². The van der Waals surface area contributed by atoms with Crippen LogP contribution >= 0.6 is 0 Å². The number of nitrogens with zero attached hydrogens (tertiary/aromatic N) is 2. The van der Waals surface area contributed by atoms with Gasteiger partial charge in [-0.05, 0) is 77.5 Å². The number of aromatic nitrogens is 1. The van der Waals surface area contributed by atoms with Crippen LogP contribution in [0.5, 0.6) is 0 Å². The van der Waals surface area contributed by atoms with Gasteiger partial charge in [0.05, 0.1) is 0 Å². The monoisotopic (exact) mass is 304 g/mol. The second-order valence-corrected chi connectivity index (χ2v) is 7.40. The SMILES string of the molecule is Cc1cc(CC2CCCN(C(=O)OC(C)(C)C)C2)cc(C)n1. The van der Waals surface area contributed by atoms with E-state index in [4.69, 9.17) is 4.74 Å². The first-order valence-electron chi connectivity index (χ1n) is 8.15. The van der Waals surface area contributed by atoms with Gasteiger partial charge < -0.3 is 9.64 Å². The van der Waals surface area contributed by atoms with Crippen LogP contribution in [0.25, 0.3) is 0 Å². The summed E-state index contributed by atoms with van der Waals surface area (Å²) in [6, 6.07) is 4.30. The Morgan fingerprint density at radius 3 is 2.55 bits per heavy atom. The highest BCUT2D eigenvalue weighted by atomic mass is 16.6. The van der Waals surface area contributed by atoms with Gasteiger partial charge in [0.15, 0.2) is 0 Å². The number of carbonyl (C=O) groups excluding carboxylic acids is 1. The number of likely N-dealkylation sites (tertiary alicyclic amines) is 1. The van der Waals surface area contributed by atoms with Gasteiger partial charge in [-0.3, -0.25) is 4.98 Å². The van der Waals surface area contributed by atoms with Crippen molar-refractivity contribution in [3.63, 3.8) is 0 Å². The molecule has 4 heteroatoms. The molecule has 1 fully saturated rings. The lowest BCUT2D eigenvalue weighted by Crippen LogP contribution is -2.43. The normalized spacial score (nSPS) is 19.1. The number of piperidine rings is 1. The Labute approximate surface area is 133 Å². The topological polar surface area (TPSA) is 42.4 Å². The number of hydrogen-bond donors (Lipinski definition) is 0. The highest BCUT2D eigenvalue weighted by molar-refractivity contribution is 5.68. The van der Waals surface area contributed by atoms with Gasteiger partial charge in [-0.1, -0.05) is 0 Å². The first kappa shape index (κ1) is 16.8. The highest BCUT2D eigenvalue weighted by Gasteiger charge is 2.27. The summed E-state index contributed by atoms with van der Waals surface area (Å²) >= 11 is 0. The molecule has 0 aromatic carbocycles. The standard InChI is InChI=1S/C18H28N2O2/c1-13-9-16(10-14(2)19-13)11-15-7-6-8-20(12-15)17(21)22-18(3,4)5/h9-10,15H,6-8,11-12H2,1-5H3. The Hall–Kier alpha value is -1.58. The van der Waals surface area contributed by atoms with Gasteiger partial charge in [0, 0.05) is 24.5 Å². The van der Waals surface area contributed by atoms with E-state index in [-0.39, 0.29) is 6.09 Å². The summed E-state index contributed by atoms with van der Waals surface area (Å²) in [5.41, 5.74) is 3.02. The number of carbonyl (C=O) groups is 1. The van der Waals surface area contributed by atoms with Crippen molar-refractivity contribution >= 4 is 6.09 Å². The summed E-state index contributed by atoms with van der Waals surface area (Å²) in [4.78, 5) is 18.5. The third-order valence-corrected chi connectivity index (χ3v) is 3.84. The Bertz CT molecular complexity index is 514. The Balaban J connectivity index is 1.97. The summed E-state index contributed by atoms with van der Waals surface area (Å²) in [6.07, 6.45) is 3.04. The molecular formula is C18H28N2O2. The van der Waals surface area contributed by atoms with Crippen LogP contribution in [-0.4, -0.2) is 34.7 Å². The van der Waals surface area contributed by atoms with Gasteiger partial charge >= 0.3 is 6.09 Å². The summed E-state index contributed by atoms with van der Waals surface area (Å²) < 4.78 is 5.49. The zero-order chi connectivity index (χ0) is 16.3. The van der Waals surface area contributed by atoms with E-state index in [9.17, 15) is 4.79 Å².